The van der Waals surface area contributed by atoms with E-state index in [0.717, 1.165) is 11.8 Å². The van der Waals surface area contributed by atoms with Crippen molar-refractivity contribution in [2.75, 3.05) is 7.11 Å². The number of carbonyl (C=O) groups is 1. The maximum Gasteiger partial charge on any atom is 0.302 e. The van der Waals surface area contributed by atoms with E-state index in [1.165, 1.54) is 76.5 Å². The standard InChI is InChI=1S/C29H42.C3H6O2/c1-19-18-24-28(6)16-13-22-26(3,4)20(2)12-15-27(22,5)23(28)14-17-29(24,7)25(19)21-10-8-9-11-21;1-3(4)5-2/h12,15,18,21-23,25H,1-2,8-11,13-14,16-17H2,3-7H3;1-2H3/t22?,23?,25?,27?,28?,29-;/m1./s1. The summed E-state index contributed by atoms with van der Waals surface area (Å²) in [6.45, 7) is 23.2. The van der Waals surface area contributed by atoms with E-state index < -0.39 is 0 Å². The highest BCUT2D eigenvalue weighted by Crippen LogP contribution is 2.73. The van der Waals surface area contributed by atoms with Gasteiger partial charge in [-0.25, -0.2) is 0 Å². The normalized spacial score (nSPS) is 42.7. The molecule has 0 saturated heterocycles. The summed E-state index contributed by atoms with van der Waals surface area (Å²) in [4.78, 5) is 9.59. The summed E-state index contributed by atoms with van der Waals surface area (Å²) in [6.07, 6.45) is 18.7. The lowest BCUT2D eigenvalue weighted by atomic mass is 9.39. The van der Waals surface area contributed by atoms with E-state index in [1.54, 1.807) is 5.57 Å². The van der Waals surface area contributed by atoms with Crippen LogP contribution in [0.2, 0.25) is 0 Å². The minimum absolute atomic E-state index is 0.214. The third kappa shape index (κ3) is 3.61. The van der Waals surface area contributed by atoms with Crippen LogP contribution in [0.3, 0.4) is 0 Å². The molecule has 0 aromatic carbocycles. The van der Waals surface area contributed by atoms with Crippen molar-refractivity contribution in [3.05, 3.63) is 48.1 Å². The van der Waals surface area contributed by atoms with Gasteiger partial charge < -0.3 is 4.74 Å². The third-order valence-corrected chi connectivity index (χ3v) is 11.3. The first-order chi connectivity index (χ1) is 15.8. The molecular formula is C32H48O2. The molecule has 188 valence electrons. The third-order valence-electron chi connectivity index (χ3n) is 11.3. The average molecular weight is 465 g/mol. The molecular weight excluding hydrogens is 416 g/mol. The smallest absolute Gasteiger partial charge is 0.302 e. The molecule has 2 heteroatoms. The van der Waals surface area contributed by atoms with Crippen LogP contribution in [0.4, 0.5) is 0 Å². The van der Waals surface area contributed by atoms with Gasteiger partial charge in [0, 0.05) is 6.92 Å². The Morgan fingerprint density at radius 3 is 2.09 bits per heavy atom. The summed E-state index contributed by atoms with van der Waals surface area (Å²) >= 11 is 0. The molecule has 0 heterocycles. The van der Waals surface area contributed by atoms with Gasteiger partial charge in [0.1, 0.15) is 0 Å². The first-order valence-corrected chi connectivity index (χ1v) is 13.7. The zero-order valence-corrected chi connectivity index (χ0v) is 22.9. The van der Waals surface area contributed by atoms with Crippen LogP contribution in [-0.4, -0.2) is 13.1 Å². The summed E-state index contributed by atoms with van der Waals surface area (Å²) < 4.78 is 4.11. The van der Waals surface area contributed by atoms with Gasteiger partial charge in [-0.05, 0) is 89.4 Å². The Labute approximate surface area is 209 Å². The number of fused-ring (bicyclic) bond motifs is 5. The summed E-state index contributed by atoms with van der Waals surface area (Å²) in [7, 11) is 1.35. The Balaban J connectivity index is 0.000000499. The molecule has 0 aliphatic heterocycles. The molecule has 0 radical (unpaired) electrons. The molecule has 5 aliphatic rings. The van der Waals surface area contributed by atoms with Crippen molar-refractivity contribution in [1.82, 2.24) is 0 Å². The zero-order valence-electron chi connectivity index (χ0n) is 22.9. The highest BCUT2D eigenvalue weighted by molar-refractivity contribution is 5.65. The Morgan fingerprint density at radius 1 is 0.941 bits per heavy atom. The summed E-state index contributed by atoms with van der Waals surface area (Å²) in [5.41, 5.74) is 5.78. The molecule has 0 spiro atoms. The molecule has 3 fully saturated rings. The summed E-state index contributed by atoms with van der Waals surface area (Å²) in [6, 6.07) is 0. The number of methoxy groups -OCH3 is 1. The van der Waals surface area contributed by atoms with E-state index >= 15 is 0 Å². The number of hydrogen-bond acceptors (Lipinski definition) is 2. The summed E-state index contributed by atoms with van der Waals surface area (Å²) in [5.74, 6) is 2.80. The van der Waals surface area contributed by atoms with E-state index in [2.05, 4.69) is 70.7 Å². The topological polar surface area (TPSA) is 26.3 Å². The van der Waals surface area contributed by atoms with Crippen LogP contribution in [0.15, 0.2) is 48.1 Å². The van der Waals surface area contributed by atoms with Gasteiger partial charge in [-0.1, -0.05) is 90.0 Å². The Kier molecular flexibility index (Phi) is 6.40. The van der Waals surface area contributed by atoms with Crippen LogP contribution >= 0.6 is 0 Å². The molecule has 0 bridgehead atoms. The van der Waals surface area contributed by atoms with Crippen LogP contribution in [0.1, 0.15) is 92.9 Å². The van der Waals surface area contributed by atoms with E-state index in [1.807, 2.05) is 0 Å². The first kappa shape index (κ1) is 25.5. The molecule has 3 saturated carbocycles. The Hall–Kier alpha value is -1.57. The van der Waals surface area contributed by atoms with Crippen LogP contribution in [-0.2, 0) is 9.53 Å². The van der Waals surface area contributed by atoms with Crippen LogP contribution in [0.25, 0.3) is 0 Å². The number of ether oxygens (including phenoxy) is 1. The maximum atomic E-state index is 9.59. The van der Waals surface area contributed by atoms with Gasteiger partial charge in [0.15, 0.2) is 0 Å². The van der Waals surface area contributed by atoms with Crippen molar-refractivity contribution in [1.29, 1.82) is 0 Å². The minimum atomic E-state index is -0.245. The van der Waals surface area contributed by atoms with Crippen molar-refractivity contribution >= 4 is 5.97 Å². The van der Waals surface area contributed by atoms with Crippen molar-refractivity contribution in [2.24, 2.45) is 45.3 Å². The summed E-state index contributed by atoms with van der Waals surface area (Å²) in [5, 5.41) is 0. The molecule has 2 nitrogen and oxygen atoms in total. The molecule has 5 rings (SSSR count). The van der Waals surface area contributed by atoms with Gasteiger partial charge in [0.2, 0.25) is 0 Å². The number of allylic oxidation sites excluding steroid dienone is 6. The van der Waals surface area contributed by atoms with Crippen molar-refractivity contribution in [2.45, 2.75) is 92.9 Å². The van der Waals surface area contributed by atoms with Gasteiger partial charge in [0.25, 0.3) is 0 Å². The van der Waals surface area contributed by atoms with Crippen LogP contribution in [0, 0.1) is 45.3 Å². The molecule has 5 aliphatic carbocycles. The minimum Gasteiger partial charge on any atom is -0.469 e. The Bertz CT molecular complexity index is 929. The van der Waals surface area contributed by atoms with Gasteiger partial charge in [-0.15, -0.1) is 0 Å². The van der Waals surface area contributed by atoms with Gasteiger partial charge >= 0.3 is 5.97 Å². The molecule has 0 aromatic rings. The number of hydrogen-bond donors (Lipinski definition) is 0. The van der Waals surface area contributed by atoms with E-state index in [4.69, 9.17) is 0 Å². The SMILES string of the molecule is C=C1C=C2C3(C)CCC4C(C)(C)C(=C)C=CC4(C)C3CC[C@@]2(C)C1C1CCCC1.COC(C)=O. The van der Waals surface area contributed by atoms with Crippen LogP contribution < -0.4 is 0 Å². The van der Waals surface area contributed by atoms with Crippen molar-refractivity contribution < 1.29 is 9.53 Å². The second-order valence-corrected chi connectivity index (χ2v) is 13.3. The number of rotatable bonds is 1. The fraction of sp³-hybridized carbons (Fsp3) is 0.719. The lowest BCUT2D eigenvalue weighted by Gasteiger charge is -2.65. The lowest BCUT2D eigenvalue weighted by Crippen LogP contribution is -2.57. The van der Waals surface area contributed by atoms with Gasteiger partial charge in [-0.2, -0.15) is 0 Å². The number of carbonyl (C=O) groups excluding carboxylic acids is 1. The fourth-order valence-corrected chi connectivity index (χ4v) is 9.58. The molecule has 0 aromatic heterocycles. The van der Waals surface area contributed by atoms with E-state index in [9.17, 15) is 4.79 Å². The second kappa shape index (κ2) is 8.52. The quantitative estimate of drug-likeness (QED) is 0.364. The highest BCUT2D eigenvalue weighted by Gasteiger charge is 2.64. The monoisotopic (exact) mass is 464 g/mol. The molecule has 0 N–H and O–H groups in total. The zero-order chi connectivity index (χ0) is 25.1. The van der Waals surface area contributed by atoms with Crippen LogP contribution in [0.5, 0.6) is 0 Å². The van der Waals surface area contributed by atoms with Gasteiger partial charge in [0.05, 0.1) is 7.11 Å². The fourth-order valence-electron chi connectivity index (χ4n) is 9.58. The predicted octanol–water partition coefficient (Wildman–Crippen LogP) is 8.46. The molecule has 6 atom stereocenters. The highest BCUT2D eigenvalue weighted by atomic mass is 16.5. The van der Waals surface area contributed by atoms with Gasteiger partial charge in [-0.3, -0.25) is 4.79 Å². The largest absolute Gasteiger partial charge is 0.469 e. The first-order valence-electron chi connectivity index (χ1n) is 13.7. The average Bonchev–Trinajstić information content (AvgIpc) is 3.37. The second-order valence-electron chi connectivity index (χ2n) is 13.3. The van der Waals surface area contributed by atoms with Crippen molar-refractivity contribution in [3.63, 3.8) is 0 Å². The molecule has 34 heavy (non-hydrogen) atoms. The number of esters is 1. The Morgan fingerprint density at radius 2 is 1.50 bits per heavy atom. The molecule has 5 unspecified atom stereocenters. The van der Waals surface area contributed by atoms with Crippen molar-refractivity contribution in [3.8, 4) is 0 Å². The predicted molar refractivity (Wildman–Crippen MR) is 142 cm³/mol. The molecule has 0 amide bonds. The van der Waals surface area contributed by atoms with E-state index in [-0.39, 0.29) is 16.8 Å². The van der Waals surface area contributed by atoms with E-state index in [0.29, 0.717) is 22.7 Å². The maximum absolute atomic E-state index is 9.59. The lowest BCUT2D eigenvalue weighted by molar-refractivity contribution is -0.137.